The third kappa shape index (κ3) is 4.09. The van der Waals surface area contributed by atoms with E-state index in [4.69, 9.17) is 5.73 Å². The highest BCUT2D eigenvalue weighted by Crippen LogP contribution is 2.18. The van der Waals surface area contributed by atoms with Crippen LogP contribution in [0.2, 0.25) is 0 Å². The molecular formula is C18H22N2O. The van der Waals surface area contributed by atoms with Gasteiger partial charge in [-0.15, -0.1) is 0 Å². The molecule has 0 atom stereocenters. The maximum Gasteiger partial charge on any atom is 0.231 e. The first-order valence-corrected chi connectivity index (χ1v) is 7.41. The summed E-state index contributed by atoms with van der Waals surface area (Å²) < 4.78 is 0. The Morgan fingerprint density at radius 2 is 1.71 bits per heavy atom. The van der Waals surface area contributed by atoms with Crippen molar-refractivity contribution in [2.24, 2.45) is 0 Å². The van der Waals surface area contributed by atoms with Crippen LogP contribution in [0.5, 0.6) is 0 Å². The first kappa shape index (κ1) is 15.1. The van der Waals surface area contributed by atoms with Crippen molar-refractivity contribution in [1.82, 2.24) is 0 Å². The third-order valence-electron chi connectivity index (χ3n) is 3.50. The lowest BCUT2D eigenvalue weighted by Crippen LogP contribution is -2.33. The van der Waals surface area contributed by atoms with Crippen LogP contribution in [0.25, 0.3) is 0 Å². The topological polar surface area (TPSA) is 46.3 Å². The molecule has 0 aliphatic rings. The van der Waals surface area contributed by atoms with E-state index in [1.165, 1.54) is 0 Å². The maximum atomic E-state index is 12.6. The summed E-state index contributed by atoms with van der Waals surface area (Å²) in [7, 11) is 0. The summed E-state index contributed by atoms with van der Waals surface area (Å²) in [6.07, 6.45) is 2.39. The smallest absolute Gasteiger partial charge is 0.231 e. The normalized spacial score (nSPS) is 10.3. The van der Waals surface area contributed by atoms with Gasteiger partial charge in [-0.3, -0.25) is 4.79 Å². The number of nitrogens with zero attached hydrogens (tertiary/aromatic N) is 1. The second-order valence-electron chi connectivity index (χ2n) is 5.11. The van der Waals surface area contributed by atoms with Crippen molar-refractivity contribution >= 4 is 17.3 Å². The molecule has 0 unspecified atom stereocenters. The number of nitrogens with two attached hydrogens (primary N) is 1. The molecule has 2 N–H and O–H groups in total. The lowest BCUT2D eigenvalue weighted by atomic mass is 10.1. The average Bonchev–Trinajstić information content (AvgIpc) is 2.51. The van der Waals surface area contributed by atoms with Gasteiger partial charge < -0.3 is 10.6 Å². The minimum atomic E-state index is 0.0903. The number of unbranched alkanes of at least 4 members (excludes halogenated alkanes) is 1. The van der Waals surface area contributed by atoms with Gasteiger partial charge in [0.2, 0.25) is 5.91 Å². The van der Waals surface area contributed by atoms with Crippen molar-refractivity contribution in [3.63, 3.8) is 0 Å². The highest BCUT2D eigenvalue weighted by Gasteiger charge is 2.16. The number of hydrogen-bond acceptors (Lipinski definition) is 2. The molecule has 2 rings (SSSR count). The van der Waals surface area contributed by atoms with E-state index in [2.05, 4.69) is 6.92 Å². The fraction of sp³-hybridized carbons (Fsp3) is 0.278. The predicted molar refractivity (Wildman–Crippen MR) is 88.3 cm³/mol. The lowest BCUT2D eigenvalue weighted by Gasteiger charge is -2.23. The van der Waals surface area contributed by atoms with Crippen LogP contribution in [-0.4, -0.2) is 12.5 Å². The number of para-hydroxylation sites is 2. The number of benzene rings is 2. The van der Waals surface area contributed by atoms with Gasteiger partial charge in [0.25, 0.3) is 0 Å². The zero-order valence-electron chi connectivity index (χ0n) is 12.5. The van der Waals surface area contributed by atoms with Crippen molar-refractivity contribution in [3.05, 3.63) is 60.2 Å². The summed E-state index contributed by atoms with van der Waals surface area (Å²) in [5, 5.41) is 0. The molecule has 3 nitrogen and oxygen atoms in total. The Morgan fingerprint density at radius 1 is 1.05 bits per heavy atom. The van der Waals surface area contributed by atoms with E-state index >= 15 is 0 Å². The molecule has 0 bridgehead atoms. The number of hydrogen-bond donors (Lipinski definition) is 1. The number of anilines is 2. The Hall–Kier alpha value is -2.29. The summed E-state index contributed by atoms with van der Waals surface area (Å²) in [4.78, 5) is 14.5. The highest BCUT2D eigenvalue weighted by atomic mass is 16.2. The Balaban J connectivity index is 2.17. The molecule has 1 amide bonds. The fourth-order valence-electron chi connectivity index (χ4n) is 2.28. The SMILES string of the molecule is CCCCN(C(=O)Cc1ccccc1N)c1ccccc1. The Morgan fingerprint density at radius 3 is 2.38 bits per heavy atom. The Bertz CT molecular complexity index is 581. The van der Waals surface area contributed by atoms with Crippen LogP contribution < -0.4 is 10.6 Å². The second kappa shape index (κ2) is 7.48. The summed E-state index contributed by atoms with van der Waals surface area (Å²) in [6.45, 7) is 2.87. The minimum Gasteiger partial charge on any atom is -0.398 e. The number of nitrogen functional groups attached to an aromatic ring is 1. The molecule has 0 aliphatic heterocycles. The molecule has 0 spiro atoms. The summed E-state index contributed by atoms with van der Waals surface area (Å²) in [5.41, 5.74) is 8.45. The van der Waals surface area contributed by atoms with Gasteiger partial charge in [0.1, 0.15) is 0 Å². The number of carbonyl (C=O) groups is 1. The number of carbonyl (C=O) groups excluding carboxylic acids is 1. The minimum absolute atomic E-state index is 0.0903. The molecule has 110 valence electrons. The van der Waals surface area contributed by atoms with Gasteiger partial charge in [-0.2, -0.15) is 0 Å². The monoisotopic (exact) mass is 282 g/mol. The van der Waals surface area contributed by atoms with E-state index in [1.807, 2.05) is 59.5 Å². The Labute approximate surface area is 126 Å². The fourth-order valence-corrected chi connectivity index (χ4v) is 2.28. The van der Waals surface area contributed by atoms with E-state index in [1.54, 1.807) is 0 Å². The van der Waals surface area contributed by atoms with Gasteiger partial charge in [0.15, 0.2) is 0 Å². The average molecular weight is 282 g/mol. The zero-order valence-corrected chi connectivity index (χ0v) is 12.5. The number of rotatable bonds is 6. The molecule has 0 aromatic heterocycles. The number of amides is 1. The Kier molecular flexibility index (Phi) is 5.38. The molecule has 0 saturated heterocycles. The highest BCUT2D eigenvalue weighted by molar-refractivity contribution is 5.95. The van der Waals surface area contributed by atoms with E-state index < -0.39 is 0 Å². The van der Waals surface area contributed by atoms with E-state index in [0.717, 1.165) is 30.6 Å². The molecule has 3 heteroatoms. The molecule has 0 radical (unpaired) electrons. The largest absolute Gasteiger partial charge is 0.398 e. The molecule has 21 heavy (non-hydrogen) atoms. The van der Waals surface area contributed by atoms with Crippen molar-refractivity contribution in [1.29, 1.82) is 0 Å². The van der Waals surface area contributed by atoms with Crippen LogP contribution >= 0.6 is 0 Å². The van der Waals surface area contributed by atoms with Gasteiger partial charge in [-0.1, -0.05) is 49.7 Å². The third-order valence-corrected chi connectivity index (χ3v) is 3.50. The van der Waals surface area contributed by atoms with Crippen molar-refractivity contribution < 1.29 is 4.79 Å². The molecule has 0 heterocycles. The van der Waals surface area contributed by atoms with Gasteiger partial charge in [-0.25, -0.2) is 0 Å². The van der Waals surface area contributed by atoms with Crippen molar-refractivity contribution in [3.8, 4) is 0 Å². The van der Waals surface area contributed by atoms with Crippen LogP contribution in [0.15, 0.2) is 54.6 Å². The maximum absolute atomic E-state index is 12.6. The summed E-state index contributed by atoms with van der Waals surface area (Å²) >= 11 is 0. The molecule has 0 fully saturated rings. The van der Waals surface area contributed by atoms with Gasteiger partial charge in [0, 0.05) is 17.9 Å². The zero-order chi connectivity index (χ0) is 15.1. The first-order chi connectivity index (χ1) is 10.2. The van der Waals surface area contributed by atoms with Crippen molar-refractivity contribution in [2.75, 3.05) is 17.2 Å². The van der Waals surface area contributed by atoms with E-state index in [-0.39, 0.29) is 5.91 Å². The van der Waals surface area contributed by atoms with Gasteiger partial charge in [-0.05, 0) is 30.2 Å². The summed E-state index contributed by atoms with van der Waals surface area (Å²) in [6, 6.07) is 17.4. The van der Waals surface area contributed by atoms with Crippen molar-refractivity contribution in [2.45, 2.75) is 26.2 Å². The molecule has 0 saturated carbocycles. The molecular weight excluding hydrogens is 260 g/mol. The lowest BCUT2D eigenvalue weighted by molar-refractivity contribution is -0.118. The standard InChI is InChI=1S/C18H22N2O/c1-2-3-13-20(16-10-5-4-6-11-16)18(21)14-15-9-7-8-12-17(15)19/h4-12H,2-3,13-14,19H2,1H3. The van der Waals surface area contributed by atoms with Crippen LogP contribution in [-0.2, 0) is 11.2 Å². The van der Waals surface area contributed by atoms with Crippen LogP contribution in [0, 0.1) is 0 Å². The summed E-state index contributed by atoms with van der Waals surface area (Å²) in [5.74, 6) is 0.0903. The van der Waals surface area contributed by atoms with Gasteiger partial charge >= 0.3 is 0 Å². The van der Waals surface area contributed by atoms with Gasteiger partial charge in [0.05, 0.1) is 6.42 Å². The predicted octanol–water partition coefficient (Wildman–Crippen LogP) is 3.64. The molecule has 2 aromatic rings. The van der Waals surface area contributed by atoms with E-state index in [9.17, 15) is 4.79 Å². The van der Waals surface area contributed by atoms with E-state index in [0.29, 0.717) is 12.1 Å². The quantitative estimate of drug-likeness (QED) is 0.822. The van der Waals surface area contributed by atoms with Crippen LogP contribution in [0.3, 0.4) is 0 Å². The van der Waals surface area contributed by atoms with Crippen LogP contribution in [0.1, 0.15) is 25.3 Å². The molecule has 0 aliphatic carbocycles. The molecule has 2 aromatic carbocycles. The second-order valence-corrected chi connectivity index (χ2v) is 5.11. The first-order valence-electron chi connectivity index (χ1n) is 7.41. The van der Waals surface area contributed by atoms with Crippen LogP contribution in [0.4, 0.5) is 11.4 Å².